The number of hydrogen-bond donors (Lipinski definition) is 3. The molecule has 3 nitrogen and oxygen atoms in total. The molecule has 0 saturated heterocycles. The van der Waals surface area contributed by atoms with Crippen LogP contribution in [0.1, 0.15) is 0 Å². The number of anilines is 1. The molecular formula is C10H15N3S. The highest BCUT2D eigenvalue weighted by molar-refractivity contribution is 7.80. The summed E-state index contributed by atoms with van der Waals surface area (Å²) in [6.07, 6.45) is 0. The van der Waals surface area contributed by atoms with Crippen molar-refractivity contribution in [2.24, 2.45) is 0 Å². The molecule has 1 aromatic carbocycles. The molecule has 0 bridgehead atoms. The third kappa shape index (κ3) is 4.20. The number of thiocarbonyl (C=S) groups is 1. The normalized spacial score (nSPS) is 9.50. The number of rotatable bonds is 4. The highest BCUT2D eigenvalue weighted by Gasteiger charge is 1.94. The third-order valence-electron chi connectivity index (χ3n) is 1.69. The van der Waals surface area contributed by atoms with E-state index in [-0.39, 0.29) is 0 Å². The van der Waals surface area contributed by atoms with E-state index < -0.39 is 0 Å². The topological polar surface area (TPSA) is 36.1 Å². The van der Waals surface area contributed by atoms with Crippen molar-refractivity contribution in [2.75, 3.05) is 25.5 Å². The summed E-state index contributed by atoms with van der Waals surface area (Å²) in [6, 6.07) is 9.87. The van der Waals surface area contributed by atoms with Crippen LogP contribution in [0.4, 0.5) is 5.69 Å². The molecule has 0 heterocycles. The molecule has 0 fully saturated rings. The van der Waals surface area contributed by atoms with Gasteiger partial charge in [-0.2, -0.15) is 0 Å². The molecule has 14 heavy (non-hydrogen) atoms. The monoisotopic (exact) mass is 209 g/mol. The lowest BCUT2D eigenvalue weighted by Crippen LogP contribution is -2.33. The van der Waals surface area contributed by atoms with Crippen molar-refractivity contribution in [1.29, 1.82) is 0 Å². The van der Waals surface area contributed by atoms with Gasteiger partial charge in [0, 0.05) is 18.8 Å². The Labute approximate surface area is 89.9 Å². The molecule has 0 radical (unpaired) electrons. The summed E-state index contributed by atoms with van der Waals surface area (Å²) >= 11 is 5.10. The molecule has 0 aliphatic carbocycles. The fourth-order valence-corrected chi connectivity index (χ4v) is 1.22. The van der Waals surface area contributed by atoms with Gasteiger partial charge in [-0.1, -0.05) is 18.2 Å². The fourth-order valence-electron chi connectivity index (χ4n) is 0.998. The number of hydrogen-bond acceptors (Lipinski definition) is 2. The van der Waals surface area contributed by atoms with Gasteiger partial charge in [-0.15, -0.1) is 0 Å². The maximum absolute atomic E-state index is 5.10. The van der Waals surface area contributed by atoms with Crippen LogP contribution < -0.4 is 16.0 Å². The Balaban J connectivity index is 2.27. The quantitative estimate of drug-likeness (QED) is 0.514. The summed E-state index contributed by atoms with van der Waals surface area (Å²) in [7, 11) is 1.91. The molecule has 0 unspecified atom stereocenters. The van der Waals surface area contributed by atoms with E-state index in [1.54, 1.807) is 0 Å². The lowest BCUT2D eigenvalue weighted by Gasteiger charge is -2.09. The maximum atomic E-state index is 5.10. The first kappa shape index (κ1) is 10.9. The second-order valence-corrected chi connectivity index (χ2v) is 3.26. The molecule has 0 aliphatic heterocycles. The zero-order valence-electron chi connectivity index (χ0n) is 8.21. The summed E-state index contributed by atoms with van der Waals surface area (Å²) in [6.45, 7) is 1.73. The number of nitrogens with one attached hydrogen (secondary N) is 3. The molecule has 0 aliphatic rings. The van der Waals surface area contributed by atoms with Gasteiger partial charge in [0.1, 0.15) is 0 Å². The lowest BCUT2D eigenvalue weighted by atomic mass is 10.3. The fraction of sp³-hybridized carbons (Fsp3) is 0.300. The average molecular weight is 209 g/mol. The van der Waals surface area contributed by atoms with E-state index >= 15 is 0 Å². The Morgan fingerprint density at radius 2 is 1.93 bits per heavy atom. The third-order valence-corrected chi connectivity index (χ3v) is 1.94. The molecular weight excluding hydrogens is 194 g/mol. The van der Waals surface area contributed by atoms with Crippen LogP contribution in [-0.4, -0.2) is 25.2 Å². The Morgan fingerprint density at radius 1 is 1.21 bits per heavy atom. The minimum atomic E-state index is 0.659. The second kappa shape index (κ2) is 6.34. The van der Waals surface area contributed by atoms with Gasteiger partial charge in [-0.25, -0.2) is 0 Å². The van der Waals surface area contributed by atoms with Gasteiger partial charge < -0.3 is 16.0 Å². The van der Waals surface area contributed by atoms with Crippen LogP contribution in [0.5, 0.6) is 0 Å². The predicted molar refractivity (Wildman–Crippen MR) is 64.6 cm³/mol. The summed E-state index contributed by atoms with van der Waals surface area (Å²) in [4.78, 5) is 0. The molecule has 0 aromatic heterocycles. The highest BCUT2D eigenvalue weighted by atomic mass is 32.1. The van der Waals surface area contributed by atoms with Crippen molar-refractivity contribution in [3.63, 3.8) is 0 Å². The van der Waals surface area contributed by atoms with E-state index in [2.05, 4.69) is 16.0 Å². The summed E-state index contributed by atoms with van der Waals surface area (Å²) < 4.78 is 0. The van der Waals surface area contributed by atoms with Gasteiger partial charge in [0.15, 0.2) is 5.11 Å². The van der Waals surface area contributed by atoms with Crippen LogP contribution in [0.15, 0.2) is 30.3 Å². The Morgan fingerprint density at radius 3 is 2.57 bits per heavy atom. The van der Waals surface area contributed by atoms with Gasteiger partial charge in [-0.3, -0.25) is 0 Å². The summed E-state index contributed by atoms with van der Waals surface area (Å²) in [5.74, 6) is 0. The lowest BCUT2D eigenvalue weighted by molar-refractivity contribution is 0.760. The van der Waals surface area contributed by atoms with Crippen LogP contribution in [0.25, 0.3) is 0 Å². The van der Waals surface area contributed by atoms with Crippen LogP contribution in [0.3, 0.4) is 0 Å². The second-order valence-electron chi connectivity index (χ2n) is 2.85. The van der Waals surface area contributed by atoms with Crippen molar-refractivity contribution in [3.05, 3.63) is 30.3 Å². The van der Waals surface area contributed by atoms with Crippen molar-refractivity contribution < 1.29 is 0 Å². The van der Waals surface area contributed by atoms with Crippen LogP contribution in [-0.2, 0) is 0 Å². The minimum absolute atomic E-state index is 0.659. The largest absolute Gasteiger partial charge is 0.361 e. The molecule has 4 heteroatoms. The van der Waals surface area contributed by atoms with Gasteiger partial charge in [0.25, 0.3) is 0 Å². The van der Waals surface area contributed by atoms with E-state index in [1.165, 1.54) is 0 Å². The van der Waals surface area contributed by atoms with E-state index in [0.717, 1.165) is 18.8 Å². The van der Waals surface area contributed by atoms with Crippen molar-refractivity contribution in [2.45, 2.75) is 0 Å². The molecule has 0 atom stereocenters. The number of likely N-dealkylation sites (N-methyl/N-ethyl adjacent to an activating group) is 1. The molecule has 1 rings (SSSR count). The molecule has 0 saturated carbocycles. The van der Waals surface area contributed by atoms with E-state index in [9.17, 15) is 0 Å². The van der Waals surface area contributed by atoms with Crippen LogP contribution in [0.2, 0.25) is 0 Å². The van der Waals surface area contributed by atoms with Gasteiger partial charge in [0.2, 0.25) is 0 Å². The standard InChI is InChI=1S/C10H15N3S/c1-11-7-8-12-10(14)13-9-5-3-2-4-6-9/h2-6,11H,7-8H2,1H3,(H2,12,13,14). The van der Waals surface area contributed by atoms with E-state index in [4.69, 9.17) is 12.2 Å². The predicted octanol–water partition coefficient (Wildman–Crippen LogP) is 1.19. The van der Waals surface area contributed by atoms with Gasteiger partial charge in [0.05, 0.1) is 0 Å². The molecule has 76 valence electrons. The first-order valence-electron chi connectivity index (χ1n) is 4.57. The Hall–Kier alpha value is -1.13. The number of para-hydroxylation sites is 1. The molecule has 0 spiro atoms. The van der Waals surface area contributed by atoms with Crippen molar-refractivity contribution in [1.82, 2.24) is 10.6 Å². The van der Waals surface area contributed by atoms with Crippen molar-refractivity contribution >= 4 is 23.0 Å². The first-order valence-corrected chi connectivity index (χ1v) is 4.98. The summed E-state index contributed by atoms with van der Waals surface area (Å²) in [5, 5.41) is 9.88. The molecule has 1 aromatic rings. The smallest absolute Gasteiger partial charge is 0.170 e. The zero-order valence-corrected chi connectivity index (χ0v) is 9.03. The van der Waals surface area contributed by atoms with Gasteiger partial charge >= 0.3 is 0 Å². The molecule has 0 amide bonds. The van der Waals surface area contributed by atoms with Crippen molar-refractivity contribution in [3.8, 4) is 0 Å². The zero-order chi connectivity index (χ0) is 10.2. The van der Waals surface area contributed by atoms with Crippen LogP contribution >= 0.6 is 12.2 Å². The minimum Gasteiger partial charge on any atom is -0.361 e. The van der Waals surface area contributed by atoms with Crippen LogP contribution in [0, 0.1) is 0 Å². The summed E-state index contributed by atoms with van der Waals surface area (Å²) in [5.41, 5.74) is 1.01. The first-order chi connectivity index (χ1) is 6.83. The Bertz CT molecular complexity index is 274. The number of benzene rings is 1. The van der Waals surface area contributed by atoms with E-state index in [1.807, 2.05) is 37.4 Å². The maximum Gasteiger partial charge on any atom is 0.170 e. The SMILES string of the molecule is CNCCNC(=S)Nc1ccccc1. The Kier molecular flexibility index (Phi) is 4.96. The highest BCUT2D eigenvalue weighted by Crippen LogP contribution is 2.03. The van der Waals surface area contributed by atoms with Gasteiger partial charge in [-0.05, 0) is 31.4 Å². The average Bonchev–Trinajstić information content (AvgIpc) is 2.20. The van der Waals surface area contributed by atoms with E-state index in [0.29, 0.717) is 5.11 Å². The molecule has 3 N–H and O–H groups in total.